The predicted molar refractivity (Wildman–Crippen MR) is 87.5 cm³/mol. The van der Waals surface area contributed by atoms with Gasteiger partial charge in [0.15, 0.2) is 0 Å². The molecular weight excluding hydrogens is 292 g/mol. The predicted octanol–water partition coefficient (Wildman–Crippen LogP) is 2.72. The van der Waals surface area contributed by atoms with E-state index >= 15 is 0 Å². The standard InChI is InChI=1S/C17H26N4O2/c1-17(2)10-21(15(17)13-5-4-8-23-13)16(22)18-12-9-20(3)19-14(12)11-6-7-11/h9,11,13,15H,4-8,10H2,1-3H3,(H,18,22). The van der Waals surface area contributed by atoms with Gasteiger partial charge in [0.05, 0.1) is 23.5 Å². The molecule has 6 nitrogen and oxygen atoms in total. The van der Waals surface area contributed by atoms with Gasteiger partial charge in [0, 0.05) is 37.7 Å². The number of carbonyl (C=O) groups excluding carboxylic acids is 1. The second kappa shape index (κ2) is 5.23. The molecule has 126 valence electrons. The van der Waals surface area contributed by atoms with Crippen LogP contribution in [0.25, 0.3) is 0 Å². The molecule has 4 rings (SSSR count). The van der Waals surface area contributed by atoms with Crippen LogP contribution in [0.15, 0.2) is 6.20 Å². The van der Waals surface area contributed by atoms with E-state index in [2.05, 4.69) is 24.3 Å². The Balaban J connectivity index is 1.48. The van der Waals surface area contributed by atoms with Crippen molar-refractivity contribution in [3.05, 3.63) is 11.9 Å². The summed E-state index contributed by atoms with van der Waals surface area (Å²) in [6, 6.07) is 0.158. The summed E-state index contributed by atoms with van der Waals surface area (Å²) in [7, 11) is 1.91. The summed E-state index contributed by atoms with van der Waals surface area (Å²) >= 11 is 0. The van der Waals surface area contributed by atoms with Gasteiger partial charge in [-0.15, -0.1) is 0 Å². The summed E-state index contributed by atoms with van der Waals surface area (Å²) < 4.78 is 7.65. The molecule has 1 N–H and O–H groups in total. The quantitative estimate of drug-likeness (QED) is 0.932. The minimum absolute atomic E-state index is 0.0141. The monoisotopic (exact) mass is 318 g/mol. The maximum Gasteiger partial charge on any atom is 0.322 e. The summed E-state index contributed by atoms with van der Waals surface area (Å²) in [4.78, 5) is 14.7. The molecule has 1 saturated carbocycles. The number of hydrogen-bond donors (Lipinski definition) is 1. The SMILES string of the molecule is Cn1cc(NC(=O)N2CC(C)(C)C2C2CCCO2)c(C2CC2)n1. The largest absolute Gasteiger partial charge is 0.376 e. The van der Waals surface area contributed by atoms with Gasteiger partial charge in [0.2, 0.25) is 0 Å². The number of rotatable bonds is 3. The number of urea groups is 1. The van der Waals surface area contributed by atoms with Crippen LogP contribution in [0.5, 0.6) is 0 Å². The van der Waals surface area contributed by atoms with Crippen LogP contribution in [0, 0.1) is 5.41 Å². The van der Waals surface area contributed by atoms with Crippen molar-refractivity contribution < 1.29 is 9.53 Å². The molecule has 3 aliphatic rings. The van der Waals surface area contributed by atoms with Gasteiger partial charge < -0.3 is 15.0 Å². The Bertz CT molecular complexity index is 614. The topological polar surface area (TPSA) is 59.4 Å². The van der Waals surface area contributed by atoms with Crippen molar-refractivity contribution in [2.24, 2.45) is 12.5 Å². The Labute approximate surface area is 137 Å². The van der Waals surface area contributed by atoms with Gasteiger partial charge >= 0.3 is 6.03 Å². The van der Waals surface area contributed by atoms with Crippen LogP contribution in [0.4, 0.5) is 10.5 Å². The van der Waals surface area contributed by atoms with E-state index in [1.807, 2.05) is 18.1 Å². The molecule has 2 aliphatic heterocycles. The highest BCUT2D eigenvalue weighted by atomic mass is 16.5. The summed E-state index contributed by atoms with van der Waals surface area (Å²) in [6.07, 6.45) is 6.60. The minimum Gasteiger partial charge on any atom is -0.376 e. The number of nitrogens with one attached hydrogen (secondary N) is 1. The molecular formula is C17H26N4O2. The number of likely N-dealkylation sites (tertiary alicyclic amines) is 1. The third-order valence-electron chi connectivity index (χ3n) is 5.36. The lowest BCUT2D eigenvalue weighted by atomic mass is 9.72. The van der Waals surface area contributed by atoms with E-state index in [0.29, 0.717) is 5.92 Å². The fourth-order valence-electron chi connectivity index (χ4n) is 4.14. The summed E-state index contributed by atoms with van der Waals surface area (Å²) in [5.74, 6) is 0.522. The molecule has 23 heavy (non-hydrogen) atoms. The number of nitrogens with zero attached hydrogens (tertiary/aromatic N) is 3. The minimum atomic E-state index is -0.0141. The molecule has 2 unspecified atom stereocenters. The molecule has 3 fully saturated rings. The molecule has 2 atom stereocenters. The Hall–Kier alpha value is -1.56. The summed E-state index contributed by atoms with van der Waals surface area (Å²) in [6.45, 7) is 6.05. The van der Waals surface area contributed by atoms with Crippen LogP contribution in [0.1, 0.15) is 51.1 Å². The number of anilines is 1. The molecule has 0 spiro atoms. The van der Waals surface area contributed by atoms with E-state index in [1.165, 1.54) is 12.8 Å². The number of aromatic nitrogens is 2. The molecule has 0 bridgehead atoms. The maximum absolute atomic E-state index is 12.8. The van der Waals surface area contributed by atoms with Gasteiger partial charge in [-0.3, -0.25) is 4.68 Å². The average Bonchev–Trinajstić information content (AvgIpc) is 3.07. The zero-order valence-electron chi connectivity index (χ0n) is 14.2. The van der Waals surface area contributed by atoms with Crippen molar-refractivity contribution in [2.45, 2.75) is 57.6 Å². The van der Waals surface area contributed by atoms with E-state index in [4.69, 9.17) is 4.74 Å². The van der Waals surface area contributed by atoms with Gasteiger partial charge in [-0.05, 0) is 25.7 Å². The Morgan fingerprint density at radius 2 is 2.17 bits per heavy atom. The van der Waals surface area contributed by atoms with Crippen LogP contribution < -0.4 is 5.32 Å². The number of ether oxygens (including phenoxy) is 1. The molecule has 1 aromatic rings. The second-order valence-electron chi connectivity index (χ2n) is 7.92. The van der Waals surface area contributed by atoms with Crippen molar-refractivity contribution in [1.29, 1.82) is 0 Å². The van der Waals surface area contributed by atoms with Gasteiger partial charge in [-0.2, -0.15) is 5.10 Å². The van der Waals surface area contributed by atoms with Crippen LogP contribution in [-0.4, -0.2) is 46.0 Å². The fraction of sp³-hybridized carbons (Fsp3) is 0.765. The molecule has 2 amide bonds. The van der Waals surface area contributed by atoms with E-state index < -0.39 is 0 Å². The lowest BCUT2D eigenvalue weighted by Gasteiger charge is -2.56. The van der Waals surface area contributed by atoms with Crippen molar-refractivity contribution in [3.63, 3.8) is 0 Å². The molecule has 6 heteroatoms. The molecule has 2 saturated heterocycles. The number of carbonyl (C=O) groups is 1. The number of hydrogen-bond acceptors (Lipinski definition) is 3. The first-order valence-electron chi connectivity index (χ1n) is 8.68. The van der Waals surface area contributed by atoms with Crippen molar-refractivity contribution in [1.82, 2.24) is 14.7 Å². The fourth-order valence-corrected chi connectivity index (χ4v) is 4.14. The highest BCUT2D eigenvalue weighted by molar-refractivity contribution is 5.91. The molecule has 3 heterocycles. The van der Waals surface area contributed by atoms with E-state index in [-0.39, 0.29) is 23.6 Å². The van der Waals surface area contributed by atoms with Crippen molar-refractivity contribution >= 4 is 11.7 Å². The molecule has 0 radical (unpaired) electrons. The Morgan fingerprint density at radius 1 is 1.39 bits per heavy atom. The molecule has 0 aromatic carbocycles. The van der Waals surface area contributed by atoms with Crippen LogP contribution >= 0.6 is 0 Å². The smallest absolute Gasteiger partial charge is 0.322 e. The first kappa shape index (κ1) is 15.0. The lowest BCUT2D eigenvalue weighted by molar-refractivity contribution is -0.0884. The lowest BCUT2D eigenvalue weighted by Crippen LogP contribution is -2.68. The second-order valence-corrected chi connectivity index (χ2v) is 7.92. The average molecular weight is 318 g/mol. The van der Waals surface area contributed by atoms with E-state index in [1.54, 1.807) is 4.68 Å². The first-order valence-corrected chi connectivity index (χ1v) is 8.68. The zero-order valence-corrected chi connectivity index (χ0v) is 14.2. The van der Waals surface area contributed by atoms with Crippen LogP contribution in [0.3, 0.4) is 0 Å². The Morgan fingerprint density at radius 3 is 2.78 bits per heavy atom. The summed E-state index contributed by atoms with van der Waals surface area (Å²) in [5, 5.41) is 7.61. The Kier molecular flexibility index (Phi) is 3.41. The summed E-state index contributed by atoms with van der Waals surface area (Å²) in [5.41, 5.74) is 2.03. The van der Waals surface area contributed by atoms with Crippen LogP contribution in [0.2, 0.25) is 0 Å². The zero-order chi connectivity index (χ0) is 16.2. The first-order chi connectivity index (χ1) is 11.0. The van der Waals surface area contributed by atoms with Crippen molar-refractivity contribution in [2.75, 3.05) is 18.5 Å². The van der Waals surface area contributed by atoms with Gasteiger partial charge in [0.1, 0.15) is 0 Å². The number of aryl methyl sites for hydroxylation is 1. The number of amides is 2. The van der Waals surface area contributed by atoms with E-state index in [0.717, 1.165) is 37.4 Å². The van der Waals surface area contributed by atoms with E-state index in [9.17, 15) is 4.79 Å². The maximum atomic E-state index is 12.8. The third-order valence-corrected chi connectivity index (χ3v) is 5.36. The van der Waals surface area contributed by atoms with Gasteiger partial charge in [0.25, 0.3) is 0 Å². The highest BCUT2D eigenvalue weighted by Crippen LogP contribution is 2.44. The highest BCUT2D eigenvalue weighted by Gasteiger charge is 2.53. The third kappa shape index (κ3) is 2.63. The molecule has 1 aromatic heterocycles. The van der Waals surface area contributed by atoms with Crippen LogP contribution in [-0.2, 0) is 11.8 Å². The molecule has 1 aliphatic carbocycles. The van der Waals surface area contributed by atoms with Gasteiger partial charge in [-0.1, -0.05) is 13.8 Å². The van der Waals surface area contributed by atoms with Gasteiger partial charge in [-0.25, -0.2) is 4.79 Å². The normalized spacial score (nSPS) is 29.4. The van der Waals surface area contributed by atoms with Crippen molar-refractivity contribution in [3.8, 4) is 0 Å².